The van der Waals surface area contributed by atoms with Gasteiger partial charge in [-0.2, -0.15) is 13.2 Å². The van der Waals surface area contributed by atoms with Gasteiger partial charge in [0, 0.05) is 23.6 Å². The molecular formula is C17H17ClF3N3OS. The summed E-state index contributed by atoms with van der Waals surface area (Å²) in [5.74, 6) is -0.561. The number of amides is 1. The number of benzene rings is 1. The number of nitrogens with one attached hydrogen (secondary N) is 1. The van der Waals surface area contributed by atoms with E-state index in [9.17, 15) is 18.0 Å². The maximum absolute atomic E-state index is 12.7. The molecule has 1 amide bonds. The maximum Gasteiger partial charge on any atom is 0.447 e. The molecule has 0 spiro atoms. The Morgan fingerprint density at radius 2 is 2.08 bits per heavy atom. The van der Waals surface area contributed by atoms with Crippen molar-refractivity contribution in [3.8, 4) is 0 Å². The fourth-order valence-electron chi connectivity index (χ4n) is 2.97. The van der Waals surface area contributed by atoms with E-state index in [1.54, 1.807) is 6.07 Å². The summed E-state index contributed by atoms with van der Waals surface area (Å²) < 4.78 is 38.0. The zero-order valence-electron chi connectivity index (χ0n) is 13.5. The first-order valence-corrected chi connectivity index (χ1v) is 8.55. The molecule has 0 fully saturated rings. The number of carbonyl (C=O) groups is 1. The van der Waals surface area contributed by atoms with Crippen LogP contribution in [0.5, 0.6) is 0 Å². The number of aromatic nitrogens is 1. The third-order valence-corrected chi connectivity index (χ3v) is 4.76. The largest absolute Gasteiger partial charge is 0.447 e. The SMILES string of the molecule is Cl.Nc1ccc2c(c1)CCCC2NC(=O)c1cccnc1SC(F)(F)F. The summed E-state index contributed by atoms with van der Waals surface area (Å²) in [6, 6.07) is 8.05. The number of hydrogen-bond acceptors (Lipinski definition) is 4. The lowest BCUT2D eigenvalue weighted by Gasteiger charge is -2.27. The van der Waals surface area contributed by atoms with Crippen LogP contribution in [0.1, 0.15) is 40.4 Å². The predicted octanol–water partition coefficient (Wildman–Crippen LogP) is 4.50. The van der Waals surface area contributed by atoms with Crippen LogP contribution in [0.15, 0.2) is 41.6 Å². The zero-order chi connectivity index (χ0) is 18.0. The topological polar surface area (TPSA) is 68.0 Å². The van der Waals surface area contributed by atoms with E-state index in [0.717, 1.165) is 30.4 Å². The van der Waals surface area contributed by atoms with E-state index in [1.807, 2.05) is 12.1 Å². The fraction of sp³-hybridized carbons (Fsp3) is 0.294. The molecule has 2 aromatic rings. The van der Waals surface area contributed by atoms with Gasteiger partial charge >= 0.3 is 5.51 Å². The Kier molecular flexibility index (Phi) is 6.41. The van der Waals surface area contributed by atoms with Crippen molar-refractivity contribution in [2.45, 2.75) is 35.8 Å². The lowest BCUT2D eigenvalue weighted by molar-refractivity contribution is -0.0329. The quantitative estimate of drug-likeness (QED) is 0.584. The van der Waals surface area contributed by atoms with Crippen molar-refractivity contribution in [1.29, 1.82) is 0 Å². The maximum atomic E-state index is 12.7. The first-order chi connectivity index (χ1) is 11.8. The molecule has 0 saturated heterocycles. The van der Waals surface area contributed by atoms with Crippen molar-refractivity contribution in [3.63, 3.8) is 0 Å². The molecular weight excluding hydrogens is 387 g/mol. The number of alkyl halides is 3. The van der Waals surface area contributed by atoms with Gasteiger partial charge in [0.25, 0.3) is 5.91 Å². The smallest absolute Gasteiger partial charge is 0.399 e. The molecule has 3 N–H and O–H groups in total. The molecule has 26 heavy (non-hydrogen) atoms. The van der Waals surface area contributed by atoms with Crippen LogP contribution in [0.4, 0.5) is 18.9 Å². The van der Waals surface area contributed by atoms with Gasteiger partial charge in [0.05, 0.1) is 11.6 Å². The number of carbonyl (C=O) groups excluding carboxylic acids is 1. The highest BCUT2D eigenvalue weighted by molar-refractivity contribution is 8.00. The molecule has 1 aliphatic carbocycles. The first-order valence-electron chi connectivity index (χ1n) is 7.73. The minimum absolute atomic E-state index is 0. The lowest BCUT2D eigenvalue weighted by Crippen LogP contribution is -2.31. The second-order valence-corrected chi connectivity index (χ2v) is 6.83. The van der Waals surface area contributed by atoms with E-state index in [-0.39, 0.29) is 40.8 Å². The molecule has 0 saturated carbocycles. The minimum atomic E-state index is -4.50. The van der Waals surface area contributed by atoms with Crippen molar-refractivity contribution in [2.75, 3.05) is 5.73 Å². The monoisotopic (exact) mass is 403 g/mol. The molecule has 0 bridgehead atoms. The van der Waals surface area contributed by atoms with E-state index in [4.69, 9.17) is 5.73 Å². The van der Waals surface area contributed by atoms with Gasteiger partial charge < -0.3 is 11.1 Å². The van der Waals surface area contributed by atoms with Gasteiger partial charge in [-0.05, 0) is 54.7 Å². The third-order valence-electron chi connectivity index (χ3n) is 4.01. The second kappa shape index (κ2) is 8.18. The van der Waals surface area contributed by atoms with E-state index in [2.05, 4.69) is 10.3 Å². The molecule has 4 nitrogen and oxygen atoms in total. The molecule has 1 heterocycles. The number of aryl methyl sites for hydroxylation is 1. The normalized spacial score (nSPS) is 16.3. The molecule has 1 aromatic heterocycles. The van der Waals surface area contributed by atoms with Gasteiger partial charge in [-0.15, -0.1) is 12.4 Å². The van der Waals surface area contributed by atoms with Crippen LogP contribution in [0, 0.1) is 0 Å². The third kappa shape index (κ3) is 4.82. The average molecular weight is 404 g/mol. The van der Waals surface area contributed by atoms with E-state index < -0.39 is 11.4 Å². The summed E-state index contributed by atoms with van der Waals surface area (Å²) in [6.07, 6.45) is 3.71. The van der Waals surface area contributed by atoms with E-state index in [1.165, 1.54) is 18.3 Å². The van der Waals surface area contributed by atoms with Crippen LogP contribution in [0.2, 0.25) is 0 Å². The van der Waals surface area contributed by atoms with Crippen LogP contribution < -0.4 is 11.1 Å². The Balaban J connectivity index is 0.00000243. The number of hydrogen-bond donors (Lipinski definition) is 2. The summed E-state index contributed by atoms with van der Waals surface area (Å²) in [5, 5.41) is 2.49. The van der Waals surface area contributed by atoms with Gasteiger partial charge in [0.2, 0.25) is 0 Å². The minimum Gasteiger partial charge on any atom is -0.399 e. The van der Waals surface area contributed by atoms with Crippen molar-refractivity contribution in [1.82, 2.24) is 10.3 Å². The van der Waals surface area contributed by atoms with Gasteiger partial charge in [-0.1, -0.05) is 6.07 Å². The Labute approximate surface area is 159 Å². The number of halogens is 4. The van der Waals surface area contributed by atoms with Gasteiger partial charge in [0.1, 0.15) is 5.03 Å². The highest BCUT2D eigenvalue weighted by atomic mass is 35.5. The molecule has 1 aromatic carbocycles. The number of pyridine rings is 1. The van der Waals surface area contributed by atoms with Gasteiger partial charge in [-0.3, -0.25) is 4.79 Å². The van der Waals surface area contributed by atoms with Gasteiger partial charge in [-0.25, -0.2) is 4.98 Å². The summed E-state index contributed by atoms with van der Waals surface area (Å²) in [7, 11) is 0. The second-order valence-electron chi connectivity index (χ2n) is 5.78. The number of anilines is 1. The molecule has 9 heteroatoms. The highest BCUT2D eigenvalue weighted by Gasteiger charge is 2.33. The Morgan fingerprint density at radius 3 is 2.81 bits per heavy atom. The van der Waals surface area contributed by atoms with Crippen LogP contribution in [-0.4, -0.2) is 16.4 Å². The number of rotatable bonds is 3. The highest BCUT2D eigenvalue weighted by Crippen LogP contribution is 2.37. The standard InChI is InChI=1S/C17H16F3N3OS.ClH/c18-17(19,20)25-16-13(4-2-8-22-16)15(24)23-14-5-1-3-10-9-11(21)6-7-12(10)14;/h2,4,6-9,14H,1,3,5,21H2,(H,23,24);1H. The predicted molar refractivity (Wildman–Crippen MR) is 97.4 cm³/mol. The van der Waals surface area contributed by atoms with Crippen molar-refractivity contribution in [3.05, 3.63) is 53.2 Å². The summed E-state index contributed by atoms with van der Waals surface area (Å²) >= 11 is -0.383. The Hall–Kier alpha value is -1.93. The van der Waals surface area contributed by atoms with E-state index in [0.29, 0.717) is 5.69 Å². The van der Waals surface area contributed by atoms with Crippen LogP contribution >= 0.6 is 24.2 Å². The molecule has 1 unspecified atom stereocenters. The molecule has 3 rings (SSSR count). The molecule has 1 atom stereocenters. The number of nitrogen functional groups attached to an aromatic ring is 1. The van der Waals surface area contributed by atoms with E-state index >= 15 is 0 Å². The van der Waals surface area contributed by atoms with Gasteiger partial charge in [0.15, 0.2) is 0 Å². The summed E-state index contributed by atoms with van der Waals surface area (Å²) in [5.41, 5.74) is 3.89. The molecule has 1 aliphatic rings. The lowest BCUT2D eigenvalue weighted by atomic mass is 9.87. The number of fused-ring (bicyclic) bond motifs is 1. The zero-order valence-corrected chi connectivity index (χ0v) is 15.2. The molecule has 0 aliphatic heterocycles. The number of thioether (sulfide) groups is 1. The first kappa shape index (κ1) is 20.4. The van der Waals surface area contributed by atoms with Crippen molar-refractivity contribution in [2.24, 2.45) is 0 Å². The van der Waals surface area contributed by atoms with Crippen LogP contribution in [0.25, 0.3) is 0 Å². The molecule has 0 radical (unpaired) electrons. The summed E-state index contributed by atoms with van der Waals surface area (Å²) in [4.78, 5) is 16.2. The van der Waals surface area contributed by atoms with Crippen molar-refractivity contribution >= 4 is 35.8 Å². The van der Waals surface area contributed by atoms with Crippen LogP contribution in [-0.2, 0) is 6.42 Å². The number of nitrogens with two attached hydrogens (primary N) is 1. The Bertz CT molecular complexity index is 801. The summed E-state index contributed by atoms with van der Waals surface area (Å²) in [6.45, 7) is 0. The van der Waals surface area contributed by atoms with Crippen molar-refractivity contribution < 1.29 is 18.0 Å². The fourth-order valence-corrected chi connectivity index (χ4v) is 3.58. The van der Waals surface area contributed by atoms with Crippen LogP contribution in [0.3, 0.4) is 0 Å². The number of nitrogens with zero attached hydrogens (tertiary/aromatic N) is 1. The molecule has 140 valence electrons. The average Bonchev–Trinajstić information content (AvgIpc) is 2.53. The Morgan fingerprint density at radius 1 is 1.31 bits per heavy atom.